The molecule has 0 aliphatic carbocycles. The van der Waals surface area contributed by atoms with Crippen LogP contribution in [0.5, 0.6) is 0 Å². The highest BCUT2D eigenvalue weighted by atomic mass is 15.0. The molecular weight excluding hydrogens is 647 g/mol. The van der Waals surface area contributed by atoms with Crippen molar-refractivity contribution < 1.29 is 0 Å². The lowest BCUT2D eigenvalue weighted by Gasteiger charge is -2.17. The zero-order chi connectivity index (χ0) is 34.9. The summed E-state index contributed by atoms with van der Waals surface area (Å²) in [6, 6.07) is 57.7. The summed E-state index contributed by atoms with van der Waals surface area (Å²) in [5.74, 6) is 0.693. The van der Waals surface area contributed by atoms with Gasteiger partial charge in [0.2, 0.25) is 0 Å². The van der Waals surface area contributed by atoms with Crippen molar-refractivity contribution in [2.75, 3.05) is 0 Å². The van der Waals surface area contributed by atoms with Gasteiger partial charge in [-0.2, -0.15) is 0 Å². The largest absolute Gasteiger partial charge is 0.309 e. The van der Waals surface area contributed by atoms with E-state index in [9.17, 15) is 0 Å². The van der Waals surface area contributed by atoms with Crippen LogP contribution in [0.25, 0.3) is 105 Å². The molecule has 5 nitrogen and oxygen atoms in total. The van der Waals surface area contributed by atoms with Gasteiger partial charge in [0.15, 0.2) is 5.82 Å². The number of hydrogen-bond acceptors (Lipinski definition) is 4. The molecule has 53 heavy (non-hydrogen) atoms. The van der Waals surface area contributed by atoms with E-state index in [1.165, 1.54) is 21.5 Å². The fourth-order valence-corrected chi connectivity index (χ4v) is 8.17. The van der Waals surface area contributed by atoms with Crippen LogP contribution in [0.15, 0.2) is 176 Å². The third-order valence-electron chi connectivity index (χ3n) is 10.5. The third kappa shape index (κ3) is 4.51. The molecule has 0 aliphatic heterocycles. The lowest BCUT2D eigenvalue weighted by Crippen LogP contribution is -2.00. The van der Waals surface area contributed by atoms with Crippen LogP contribution in [0, 0.1) is 0 Å². The van der Waals surface area contributed by atoms with Crippen molar-refractivity contribution in [1.82, 2.24) is 24.5 Å². The predicted molar refractivity (Wildman–Crippen MR) is 218 cm³/mol. The van der Waals surface area contributed by atoms with Crippen molar-refractivity contribution in [3.63, 3.8) is 0 Å². The smallest absolute Gasteiger partial charge is 0.161 e. The summed E-state index contributed by atoms with van der Waals surface area (Å²) < 4.78 is 2.41. The summed E-state index contributed by atoms with van der Waals surface area (Å²) in [6.07, 6.45) is 3.58. The average molecular weight is 676 g/mol. The molecule has 0 spiro atoms. The van der Waals surface area contributed by atoms with E-state index in [0.717, 1.165) is 77.4 Å². The van der Waals surface area contributed by atoms with Crippen molar-refractivity contribution >= 4 is 65.3 Å². The quantitative estimate of drug-likeness (QED) is 0.174. The van der Waals surface area contributed by atoms with Crippen molar-refractivity contribution in [3.05, 3.63) is 176 Å². The third-order valence-corrected chi connectivity index (χ3v) is 10.5. The maximum Gasteiger partial charge on any atom is 0.161 e. The second-order valence-electron chi connectivity index (χ2n) is 13.4. The molecular formula is C48H29N5. The topological polar surface area (TPSA) is 56.5 Å². The molecule has 11 aromatic rings. The highest BCUT2D eigenvalue weighted by Gasteiger charge is 2.21. The highest BCUT2D eigenvalue weighted by molar-refractivity contribution is 6.27. The fraction of sp³-hybridized carbons (Fsp3) is 0. The molecule has 5 heteroatoms. The molecule has 246 valence electrons. The lowest BCUT2D eigenvalue weighted by molar-refractivity contribution is 1.18. The van der Waals surface area contributed by atoms with Gasteiger partial charge in [0.25, 0.3) is 0 Å². The molecule has 8 aromatic carbocycles. The summed E-state index contributed by atoms with van der Waals surface area (Å²) in [6.45, 7) is 0. The summed E-state index contributed by atoms with van der Waals surface area (Å²) in [5.41, 5.74) is 11.2. The summed E-state index contributed by atoms with van der Waals surface area (Å²) >= 11 is 0. The maximum absolute atomic E-state index is 5.28. The number of nitrogens with zero attached hydrogens (tertiary/aromatic N) is 5. The molecule has 0 radical (unpaired) electrons. The number of hydrogen-bond donors (Lipinski definition) is 0. The van der Waals surface area contributed by atoms with Crippen LogP contribution in [0.2, 0.25) is 0 Å². The van der Waals surface area contributed by atoms with Crippen molar-refractivity contribution in [1.29, 1.82) is 0 Å². The first-order valence-corrected chi connectivity index (χ1v) is 17.8. The highest BCUT2D eigenvalue weighted by Crippen LogP contribution is 2.43. The minimum atomic E-state index is 0.693. The first-order chi connectivity index (χ1) is 26.3. The fourth-order valence-electron chi connectivity index (χ4n) is 8.17. The molecule has 0 atom stereocenters. The predicted octanol–water partition coefficient (Wildman–Crippen LogP) is 12.0. The van der Waals surface area contributed by atoms with Gasteiger partial charge in [0, 0.05) is 56.0 Å². The minimum Gasteiger partial charge on any atom is -0.309 e. The molecule has 0 fully saturated rings. The SMILES string of the molecule is c1ccc(-c2nc(-c3ccccc3-c3ccccc3-n3c4ccccc4c4cc5c6ccccc6c6nccnc6c5cc43)nc3ccccc23)cc1. The van der Waals surface area contributed by atoms with Gasteiger partial charge in [-0.05, 0) is 46.7 Å². The Kier molecular flexibility index (Phi) is 6.48. The van der Waals surface area contributed by atoms with Gasteiger partial charge in [-0.3, -0.25) is 9.97 Å². The van der Waals surface area contributed by atoms with E-state index >= 15 is 0 Å². The van der Waals surface area contributed by atoms with Gasteiger partial charge in [-0.15, -0.1) is 0 Å². The van der Waals surface area contributed by atoms with Crippen LogP contribution in [0.1, 0.15) is 0 Å². The Bertz CT molecular complexity index is 3240. The van der Waals surface area contributed by atoms with Crippen LogP contribution in [-0.2, 0) is 0 Å². The zero-order valence-electron chi connectivity index (χ0n) is 28.5. The Labute approximate surface area is 304 Å². The molecule has 0 saturated heterocycles. The Hall–Kier alpha value is -7.24. The molecule has 11 rings (SSSR count). The van der Waals surface area contributed by atoms with Crippen LogP contribution in [-0.4, -0.2) is 24.5 Å². The van der Waals surface area contributed by atoms with Gasteiger partial charge in [0.1, 0.15) is 0 Å². The van der Waals surface area contributed by atoms with Crippen LogP contribution in [0.4, 0.5) is 0 Å². The molecule has 0 saturated carbocycles. The zero-order valence-corrected chi connectivity index (χ0v) is 28.5. The molecule has 3 aromatic heterocycles. The number of para-hydroxylation sites is 3. The summed E-state index contributed by atoms with van der Waals surface area (Å²) in [5, 5.41) is 7.96. The first-order valence-electron chi connectivity index (χ1n) is 17.8. The molecule has 0 N–H and O–H groups in total. The van der Waals surface area contributed by atoms with Crippen molar-refractivity contribution in [2.45, 2.75) is 0 Å². The van der Waals surface area contributed by atoms with Crippen molar-refractivity contribution in [3.8, 4) is 39.5 Å². The van der Waals surface area contributed by atoms with Crippen molar-refractivity contribution in [2.24, 2.45) is 0 Å². The summed E-state index contributed by atoms with van der Waals surface area (Å²) in [4.78, 5) is 20.2. The summed E-state index contributed by atoms with van der Waals surface area (Å²) in [7, 11) is 0. The Morgan fingerprint density at radius 3 is 1.83 bits per heavy atom. The van der Waals surface area contributed by atoms with E-state index in [4.69, 9.17) is 19.9 Å². The maximum atomic E-state index is 5.28. The standard InChI is InChI=1S/C48H29N5/c1-2-14-30(15-3-1)45-37-22-8-11-23-41(37)51-48(52-45)36-21-7-5-16-31(36)33-18-9-12-24-42(33)53-43-25-13-10-19-34(43)39-28-38-32-17-4-6-20-35(32)46-47(50-27-26-49-46)40(38)29-44(39)53/h1-29H. The molecule has 0 bridgehead atoms. The van der Waals surface area contributed by atoms with Gasteiger partial charge in [-0.1, -0.05) is 133 Å². The molecule has 0 unspecified atom stereocenters. The van der Waals surface area contributed by atoms with Gasteiger partial charge < -0.3 is 4.57 Å². The number of fused-ring (bicyclic) bond motifs is 10. The molecule has 3 heterocycles. The van der Waals surface area contributed by atoms with E-state index in [-0.39, 0.29) is 0 Å². The monoisotopic (exact) mass is 675 g/mol. The van der Waals surface area contributed by atoms with E-state index in [2.05, 4.69) is 156 Å². The normalized spacial score (nSPS) is 11.8. The second kappa shape index (κ2) is 11.7. The van der Waals surface area contributed by atoms with E-state index < -0.39 is 0 Å². The molecule has 0 amide bonds. The second-order valence-corrected chi connectivity index (χ2v) is 13.4. The molecule has 0 aliphatic rings. The number of benzene rings is 8. The first kappa shape index (κ1) is 29.5. The number of aromatic nitrogens is 5. The lowest BCUT2D eigenvalue weighted by atomic mass is 9.96. The van der Waals surface area contributed by atoms with Crippen LogP contribution in [0.3, 0.4) is 0 Å². The van der Waals surface area contributed by atoms with E-state index in [1.54, 1.807) is 12.4 Å². The Morgan fingerprint density at radius 1 is 0.377 bits per heavy atom. The Balaban J connectivity index is 1.20. The minimum absolute atomic E-state index is 0.693. The van der Waals surface area contributed by atoms with Crippen LogP contribution < -0.4 is 0 Å². The van der Waals surface area contributed by atoms with Gasteiger partial charge in [0.05, 0.1) is 39.0 Å². The Morgan fingerprint density at radius 2 is 1.00 bits per heavy atom. The van der Waals surface area contributed by atoms with Gasteiger partial charge in [-0.25, -0.2) is 9.97 Å². The number of rotatable bonds is 4. The van der Waals surface area contributed by atoms with E-state index in [1.807, 2.05) is 12.1 Å². The van der Waals surface area contributed by atoms with Gasteiger partial charge >= 0.3 is 0 Å². The van der Waals surface area contributed by atoms with Crippen LogP contribution >= 0.6 is 0 Å². The van der Waals surface area contributed by atoms with E-state index in [0.29, 0.717) is 5.82 Å². The average Bonchev–Trinajstić information content (AvgIpc) is 3.56.